The molecule has 1 saturated carbocycles. The zero-order valence-electron chi connectivity index (χ0n) is 13.3. The zero-order chi connectivity index (χ0) is 14.7. The molecule has 1 amide bonds. The summed E-state index contributed by atoms with van der Waals surface area (Å²) in [6.07, 6.45) is 3.16. The predicted octanol–water partition coefficient (Wildman–Crippen LogP) is 1.55. The number of carbonyl (C=O) groups is 1. The monoisotopic (exact) mass is 281 g/mol. The maximum atomic E-state index is 12.7. The molecule has 2 fully saturated rings. The van der Waals surface area contributed by atoms with E-state index in [9.17, 15) is 4.79 Å². The third-order valence-corrected chi connectivity index (χ3v) is 5.23. The molecule has 4 nitrogen and oxygen atoms in total. The quantitative estimate of drug-likeness (QED) is 0.854. The molecule has 2 rings (SSSR count). The van der Waals surface area contributed by atoms with Crippen LogP contribution in [0.25, 0.3) is 0 Å². The van der Waals surface area contributed by atoms with Gasteiger partial charge in [0, 0.05) is 38.1 Å². The highest BCUT2D eigenvalue weighted by atomic mass is 16.2. The van der Waals surface area contributed by atoms with E-state index in [0.717, 1.165) is 45.6 Å². The molecule has 4 unspecified atom stereocenters. The Morgan fingerprint density at radius 3 is 2.35 bits per heavy atom. The normalized spacial score (nSPS) is 36.1. The van der Waals surface area contributed by atoms with E-state index in [1.165, 1.54) is 6.42 Å². The first-order chi connectivity index (χ1) is 9.52. The van der Waals surface area contributed by atoms with Crippen LogP contribution in [0.15, 0.2) is 0 Å². The Balaban J connectivity index is 1.88. The van der Waals surface area contributed by atoms with Crippen molar-refractivity contribution in [3.63, 3.8) is 0 Å². The average molecular weight is 281 g/mol. The van der Waals surface area contributed by atoms with Crippen molar-refractivity contribution >= 4 is 5.91 Å². The van der Waals surface area contributed by atoms with Gasteiger partial charge in [-0.2, -0.15) is 0 Å². The number of carbonyl (C=O) groups excluding carboxylic acids is 1. The molecule has 1 aliphatic heterocycles. The zero-order valence-corrected chi connectivity index (χ0v) is 13.3. The Morgan fingerprint density at radius 2 is 1.75 bits per heavy atom. The first-order valence-electron chi connectivity index (χ1n) is 8.29. The highest BCUT2D eigenvalue weighted by molar-refractivity contribution is 5.79. The van der Waals surface area contributed by atoms with E-state index >= 15 is 0 Å². The van der Waals surface area contributed by atoms with Gasteiger partial charge in [0.25, 0.3) is 0 Å². The second kappa shape index (κ2) is 6.90. The first-order valence-corrected chi connectivity index (χ1v) is 8.29. The molecule has 4 heteroatoms. The van der Waals surface area contributed by atoms with Crippen LogP contribution in [0.1, 0.15) is 40.0 Å². The summed E-state index contributed by atoms with van der Waals surface area (Å²) < 4.78 is 0. The topological polar surface area (TPSA) is 49.6 Å². The van der Waals surface area contributed by atoms with Crippen molar-refractivity contribution in [2.24, 2.45) is 23.5 Å². The third-order valence-electron chi connectivity index (χ3n) is 5.23. The van der Waals surface area contributed by atoms with Crippen LogP contribution in [0.5, 0.6) is 0 Å². The van der Waals surface area contributed by atoms with E-state index in [-0.39, 0.29) is 12.0 Å². The van der Waals surface area contributed by atoms with Crippen molar-refractivity contribution in [3.05, 3.63) is 0 Å². The lowest BCUT2D eigenvalue weighted by Crippen LogP contribution is -2.53. The summed E-state index contributed by atoms with van der Waals surface area (Å²) >= 11 is 0. The van der Waals surface area contributed by atoms with Crippen molar-refractivity contribution in [3.8, 4) is 0 Å². The molecular weight excluding hydrogens is 250 g/mol. The summed E-state index contributed by atoms with van der Waals surface area (Å²) in [5.74, 6) is 1.54. The molecule has 0 radical (unpaired) electrons. The van der Waals surface area contributed by atoms with E-state index in [1.807, 2.05) is 0 Å². The summed E-state index contributed by atoms with van der Waals surface area (Å²) in [7, 11) is 0. The van der Waals surface area contributed by atoms with Crippen molar-refractivity contribution < 1.29 is 4.79 Å². The minimum atomic E-state index is 0.152. The van der Waals surface area contributed by atoms with Crippen LogP contribution in [0.2, 0.25) is 0 Å². The number of hydrogen-bond donors (Lipinski definition) is 1. The van der Waals surface area contributed by atoms with Gasteiger partial charge in [0.1, 0.15) is 0 Å². The van der Waals surface area contributed by atoms with E-state index < -0.39 is 0 Å². The number of amides is 1. The SMILES string of the molecule is CCCN1CCN(C(=O)C2CC(N)C(C)CC2C)CC1. The Morgan fingerprint density at radius 1 is 1.10 bits per heavy atom. The summed E-state index contributed by atoms with van der Waals surface area (Å²) in [4.78, 5) is 17.3. The molecule has 20 heavy (non-hydrogen) atoms. The largest absolute Gasteiger partial charge is 0.340 e. The van der Waals surface area contributed by atoms with Gasteiger partial charge in [-0.15, -0.1) is 0 Å². The smallest absolute Gasteiger partial charge is 0.226 e. The molecule has 2 N–H and O–H groups in total. The van der Waals surface area contributed by atoms with Crippen molar-refractivity contribution in [2.45, 2.75) is 46.1 Å². The lowest BCUT2D eigenvalue weighted by atomic mass is 9.72. The summed E-state index contributed by atoms with van der Waals surface area (Å²) in [5, 5.41) is 0. The van der Waals surface area contributed by atoms with Gasteiger partial charge in [-0.05, 0) is 37.6 Å². The molecular formula is C16H31N3O. The number of piperazine rings is 1. The van der Waals surface area contributed by atoms with Crippen molar-refractivity contribution in [2.75, 3.05) is 32.7 Å². The van der Waals surface area contributed by atoms with Gasteiger partial charge in [-0.3, -0.25) is 9.69 Å². The van der Waals surface area contributed by atoms with E-state index in [1.54, 1.807) is 0 Å². The number of rotatable bonds is 3. The molecule has 1 heterocycles. The van der Waals surface area contributed by atoms with Crippen LogP contribution in [0, 0.1) is 17.8 Å². The maximum absolute atomic E-state index is 12.7. The van der Waals surface area contributed by atoms with Gasteiger partial charge in [0.15, 0.2) is 0 Å². The third kappa shape index (κ3) is 3.53. The predicted molar refractivity (Wildman–Crippen MR) is 82.3 cm³/mol. The first kappa shape index (κ1) is 15.8. The van der Waals surface area contributed by atoms with Gasteiger partial charge in [0.05, 0.1) is 0 Å². The highest BCUT2D eigenvalue weighted by Gasteiger charge is 2.37. The molecule has 0 spiro atoms. The second-order valence-electron chi connectivity index (χ2n) is 6.86. The van der Waals surface area contributed by atoms with Crippen LogP contribution >= 0.6 is 0 Å². The van der Waals surface area contributed by atoms with E-state index in [2.05, 4.69) is 30.6 Å². The number of nitrogens with two attached hydrogens (primary N) is 1. The Hall–Kier alpha value is -0.610. The lowest BCUT2D eigenvalue weighted by molar-refractivity contribution is -0.140. The van der Waals surface area contributed by atoms with Crippen molar-refractivity contribution in [1.82, 2.24) is 9.80 Å². The Bertz CT molecular complexity index is 326. The van der Waals surface area contributed by atoms with E-state index in [0.29, 0.717) is 17.7 Å². The minimum Gasteiger partial charge on any atom is -0.340 e. The van der Waals surface area contributed by atoms with Crippen LogP contribution in [-0.2, 0) is 4.79 Å². The van der Waals surface area contributed by atoms with Gasteiger partial charge in [0.2, 0.25) is 5.91 Å². The molecule has 2 aliphatic rings. The molecule has 1 saturated heterocycles. The van der Waals surface area contributed by atoms with Gasteiger partial charge >= 0.3 is 0 Å². The van der Waals surface area contributed by atoms with Gasteiger partial charge in [-0.1, -0.05) is 20.8 Å². The molecule has 1 aliphatic carbocycles. The fraction of sp³-hybridized carbons (Fsp3) is 0.938. The van der Waals surface area contributed by atoms with Crippen LogP contribution in [0.3, 0.4) is 0 Å². The summed E-state index contributed by atoms with van der Waals surface area (Å²) in [5.41, 5.74) is 6.18. The minimum absolute atomic E-state index is 0.152. The fourth-order valence-corrected chi connectivity index (χ4v) is 3.77. The highest BCUT2D eigenvalue weighted by Crippen LogP contribution is 2.34. The average Bonchev–Trinajstić information content (AvgIpc) is 2.43. The maximum Gasteiger partial charge on any atom is 0.226 e. The van der Waals surface area contributed by atoms with Crippen molar-refractivity contribution in [1.29, 1.82) is 0 Å². The van der Waals surface area contributed by atoms with E-state index in [4.69, 9.17) is 5.73 Å². The Labute approximate surface area is 123 Å². The molecule has 0 aromatic carbocycles. The summed E-state index contributed by atoms with van der Waals surface area (Å²) in [6, 6.07) is 0.196. The lowest BCUT2D eigenvalue weighted by Gasteiger charge is -2.41. The standard InChI is InChI=1S/C16H31N3O/c1-4-5-18-6-8-19(9-7-18)16(20)14-11-15(17)13(3)10-12(14)2/h12-15H,4-11,17H2,1-3H3. The van der Waals surface area contributed by atoms with Crippen LogP contribution in [-0.4, -0.2) is 54.5 Å². The Kier molecular flexibility index (Phi) is 5.44. The second-order valence-corrected chi connectivity index (χ2v) is 6.86. The van der Waals surface area contributed by atoms with Crippen LogP contribution < -0.4 is 5.73 Å². The number of hydrogen-bond acceptors (Lipinski definition) is 3. The summed E-state index contributed by atoms with van der Waals surface area (Å²) in [6.45, 7) is 11.7. The number of nitrogens with zero attached hydrogens (tertiary/aromatic N) is 2. The van der Waals surface area contributed by atoms with Gasteiger partial charge in [-0.25, -0.2) is 0 Å². The molecule has 4 atom stereocenters. The van der Waals surface area contributed by atoms with Gasteiger partial charge < -0.3 is 10.6 Å². The molecule has 0 aromatic rings. The fourth-order valence-electron chi connectivity index (χ4n) is 3.77. The molecule has 116 valence electrons. The molecule has 0 bridgehead atoms. The van der Waals surface area contributed by atoms with Crippen LogP contribution in [0.4, 0.5) is 0 Å². The molecule has 0 aromatic heterocycles.